The van der Waals surface area contributed by atoms with Crippen LogP contribution in [0.1, 0.15) is 63.9 Å². The fraction of sp³-hybridized carbons (Fsp3) is 0.447. The lowest BCUT2D eigenvalue weighted by Crippen LogP contribution is -2.56. The van der Waals surface area contributed by atoms with Gasteiger partial charge in [0.2, 0.25) is 11.8 Å². The second-order valence-corrected chi connectivity index (χ2v) is 13.3. The molecule has 11 nitrogen and oxygen atoms in total. The number of carbonyl (C=O) groups excluding carboxylic acids is 3. The Bertz CT molecular complexity index is 1730. The van der Waals surface area contributed by atoms with Gasteiger partial charge in [0.15, 0.2) is 0 Å². The maximum atomic E-state index is 14.2. The number of alkyl carbamates (subject to hydrolysis) is 1. The summed E-state index contributed by atoms with van der Waals surface area (Å²) >= 11 is 0. The lowest BCUT2D eigenvalue weighted by atomic mass is 10.0. The number of carbonyl (C=O) groups is 4. The van der Waals surface area contributed by atoms with E-state index in [0.29, 0.717) is 25.0 Å². The number of nitrogens with one attached hydrogen (secondary N) is 2. The van der Waals surface area contributed by atoms with Gasteiger partial charge in [-0.3, -0.25) is 9.59 Å². The van der Waals surface area contributed by atoms with Crippen LogP contribution in [-0.4, -0.2) is 75.7 Å². The molecule has 0 spiro atoms. The van der Waals surface area contributed by atoms with Crippen LogP contribution in [0.4, 0.5) is 4.79 Å². The Hall–Kier alpha value is -4.93. The molecule has 0 radical (unpaired) electrons. The number of rotatable bonds is 8. The van der Waals surface area contributed by atoms with Crippen LogP contribution in [-0.2, 0) is 25.5 Å². The molecule has 1 saturated heterocycles. The third-order valence-electron chi connectivity index (χ3n) is 9.85. The van der Waals surface area contributed by atoms with Crippen molar-refractivity contribution >= 4 is 34.8 Å². The van der Waals surface area contributed by atoms with Crippen LogP contribution in [0.3, 0.4) is 0 Å². The number of amides is 3. The molecule has 3 aromatic rings. The minimum atomic E-state index is -1.47. The van der Waals surface area contributed by atoms with E-state index in [1.807, 2.05) is 49.4 Å². The molecule has 3 aliphatic rings. The molecule has 49 heavy (non-hydrogen) atoms. The lowest BCUT2D eigenvalue weighted by molar-refractivity contribution is -0.145. The first-order valence-corrected chi connectivity index (χ1v) is 17.3. The van der Waals surface area contributed by atoms with E-state index in [0.717, 1.165) is 53.4 Å². The maximum absolute atomic E-state index is 14.2. The Morgan fingerprint density at radius 3 is 2.69 bits per heavy atom. The predicted molar refractivity (Wildman–Crippen MR) is 184 cm³/mol. The number of carboxylic acids is 1. The number of aryl methyl sites for hydroxylation is 1. The number of pyridine rings is 1. The van der Waals surface area contributed by atoms with Crippen molar-refractivity contribution in [1.82, 2.24) is 20.5 Å². The van der Waals surface area contributed by atoms with Gasteiger partial charge in [0, 0.05) is 29.4 Å². The molecule has 4 bridgehead atoms. The number of ether oxygens (including phenoxy) is 2. The average molecular weight is 669 g/mol. The fourth-order valence-electron chi connectivity index (χ4n) is 6.95. The molecular weight excluding hydrogens is 624 g/mol. The molecule has 1 saturated carbocycles. The van der Waals surface area contributed by atoms with Crippen LogP contribution in [0.2, 0.25) is 0 Å². The second kappa shape index (κ2) is 14.7. The zero-order chi connectivity index (χ0) is 34.5. The molecule has 11 heteroatoms. The van der Waals surface area contributed by atoms with Gasteiger partial charge >= 0.3 is 12.1 Å². The van der Waals surface area contributed by atoms with E-state index in [1.165, 1.54) is 11.0 Å². The predicted octanol–water partition coefficient (Wildman–Crippen LogP) is 5.41. The summed E-state index contributed by atoms with van der Waals surface area (Å²) in [5.41, 5.74) is 2.06. The Kier molecular flexibility index (Phi) is 10.2. The lowest BCUT2D eigenvalue weighted by Gasteiger charge is -2.29. The summed E-state index contributed by atoms with van der Waals surface area (Å²) < 4.78 is 12.2. The van der Waals surface area contributed by atoms with Gasteiger partial charge < -0.3 is 30.1 Å². The zero-order valence-electron chi connectivity index (χ0n) is 27.9. The normalized spacial score (nSPS) is 25.8. The third-order valence-corrected chi connectivity index (χ3v) is 9.85. The Labute approximate surface area is 286 Å². The molecule has 2 fully saturated rings. The smallest absolute Gasteiger partial charge is 0.407 e. The van der Waals surface area contributed by atoms with Crippen molar-refractivity contribution in [3.8, 4) is 17.0 Å². The summed E-state index contributed by atoms with van der Waals surface area (Å²) in [6, 6.07) is 15.9. The van der Waals surface area contributed by atoms with Gasteiger partial charge in [-0.15, -0.1) is 6.58 Å². The molecule has 3 N–H and O–H groups in total. The minimum Gasteiger partial charge on any atom is -0.488 e. The molecule has 5 atom stereocenters. The summed E-state index contributed by atoms with van der Waals surface area (Å²) in [6.07, 6.45) is 5.66. The topological polar surface area (TPSA) is 147 Å². The van der Waals surface area contributed by atoms with Crippen molar-refractivity contribution in [2.75, 3.05) is 13.2 Å². The Morgan fingerprint density at radius 1 is 1.14 bits per heavy atom. The summed E-state index contributed by atoms with van der Waals surface area (Å²) in [6.45, 7) is 6.00. The number of nitrogens with zero attached hydrogens (tertiary/aromatic N) is 2. The number of hydrogen-bond donors (Lipinski definition) is 3. The molecule has 1 aromatic heterocycles. The van der Waals surface area contributed by atoms with Crippen LogP contribution in [0.5, 0.6) is 5.75 Å². The van der Waals surface area contributed by atoms with Crippen molar-refractivity contribution < 1.29 is 33.8 Å². The summed E-state index contributed by atoms with van der Waals surface area (Å²) in [7, 11) is 0. The molecular formula is C38H44N4O7. The molecule has 3 amide bonds. The van der Waals surface area contributed by atoms with Crippen molar-refractivity contribution in [2.45, 2.75) is 88.4 Å². The fourth-order valence-corrected chi connectivity index (χ4v) is 6.95. The molecule has 1 aliphatic carbocycles. The molecule has 2 aliphatic heterocycles. The second-order valence-electron chi connectivity index (χ2n) is 13.3. The summed E-state index contributed by atoms with van der Waals surface area (Å²) in [5.74, 6) is -2.00. The van der Waals surface area contributed by atoms with Gasteiger partial charge in [0.1, 0.15) is 29.5 Å². The van der Waals surface area contributed by atoms with Gasteiger partial charge in [-0.25, -0.2) is 14.6 Å². The number of hydrogen-bond acceptors (Lipinski definition) is 7. The minimum absolute atomic E-state index is 0.0609. The van der Waals surface area contributed by atoms with Crippen molar-refractivity contribution in [3.05, 3.63) is 72.8 Å². The first kappa shape index (κ1) is 34.0. The van der Waals surface area contributed by atoms with E-state index >= 15 is 0 Å². The number of carboxylic acid groups (broad SMARTS) is 1. The average Bonchev–Trinajstić information content (AvgIpc) is 3.67. The van der Waals surface area contributed by atoms with Crippen LogP contribution >= 0.6 is 0 Å². The largest absolute Gasteiger partial charge is 0.488 e. The quantitative estimate of drug-likeness (QED) is 0.270. The van der Waals surface area contributed by atoms with Crippen LogP contribution in [0.15, 0.2) is 67.3 Å². The summed E-state index contributed by atoms with van der Waals surface area (Å²) in [4.78, 5) is 59.7. The first-order chi connectivity index (χ1) is 23.7. The third kappa shape index (κ3) is 7.40. The number of unbranched alkanes of at least 4 members (excludes halogenated alkanes) is 1. The number of benzene rings is 2. The van der Waals surface area contributed by atoms with E-state index in [2.05, 4.69) is 29.3 Å². The van der Waals surface area contributed by atoms with Crippen molar-refractivity contribution in [2.24, 2.45) is 5.92 Å². The van der Waals surface area contributed by atoms with Crippen LogP contribution < -0.4 is 15.4 Å². The summed E-state index contributed by atoms with van der Waals surface area (Å²) in [5, 5.41) is 16.3. The van der Waals surface area contributed by atoms with Crippen LogP contribution in [0.25, 0.3) is 22.2 Å². The standard InChI is InChI=1S/C38H44N4O7/c1-3-5-15-30-35(44)42-23-27(20-32(42)34(43)41-38(36(45)46)22-26(38)4-2)49-33-21-31(25-13-9-6-10-14-25)39-29-17-16-24(19-28(29)33)12-8-7-11-18-48-37(47)40-30/h4,6,9-10,13-14,16-17,19,21,26-27,30,32H,2-3,5,7-8,11-12,15,18,20,22-23H2,1H3,(H,40,47)(H,41,43)(H,45,46)/t26-,27+,30+,32+,38-/m1/s1. The van der Waals surface area contributed by atoms with E-state index in [1.54, 1.807) is 0 Å². The molecule has 6 rings (SSSR count). The van der Waals surface area contributed by atoms with Gasteiger partial charge in [0.25, 0.3) is 0 Å². The van der Waals surface area contributed by atoms with Crippen LogP contribution in [0, 0.1) is 5.92 Å². The van der Waals surface area contributed by atoms with Gasteiger partial charge in [0.05, 0.1) is 24.4 Å². The van der Waals surface area contributed by atoms with Gasteiger partial charge in [-0.2, -0.15) is 0 Å². The van der Waals surface area contributed by atoms with Gasteiger partial charge in [-0.05, 0) is 56.2 Å². The Morgan fingerprint density at radius 2 is 1.96 bits per heavy atom. The first-order valence-electron chi connectivity index (χ1n) is 17.3. The molecule has 2 aromatic carbocycles. The number of fused-ring (bicyclic) bond motifs is 3. The maximum Gasteiger partial charge on any atom is 0.407 e. The Balaban J connectivity index is 1.38. The highest BCUT2D eigenvalue weighted by Crippen LogP contribution is 2.45. The van der Waals surface area contributed by atoms with E-state index < -0.39 is 53.5 Å². The number of aliphatic carboxylic acids is 1. The monoisotopic (exact) mass is 668 g/mol. The highest BCUT2D eigenvalue weighted by atomic mass is 16.5. The zero-order valence-corrected chi connectivity index (χ0v) is 27.9. The van der Waals surface area contributed by atoms with Crippen molar-refractivity contribution in [1.29, 1.82) is 0 Å². The SMILES string of the molecule is C=C[C@@H]1C[C@]1(NC(=O)[C@@H]1C[C@H]2CN1C(=O)[C@H](CCCC)NC(=O)OCCCCCc1ccc3nc(-c4ccccc4)cc(c3c1)O2)C(=O)O. The van der Waals surface area contributed by atoms with E-state index in [9.17, 15) is 24.3 Å². The van der Waals surface area contributed by atoms with Gasteiger partial charge in [-0.1, -0.05) is 62.2 Å². The highest BCUT2D eigenvalue weighted by Gasteiger charge is 2.61. The molecule has 0 unspecified atom stereocenters. The van der Waals surface area contributed by atoms with E-state index in [4.69, 9.17) is 14.5 Å². The number of aromatic nitrogens is 1. The van der Waals surface area contributed by atoms with Crippen molar-refractivity contribution in [3.63, 3.8) is 0 Å². The number of cyclic esters (lactones) is 1. The molecule has 258 valence electrons. The molecule has 3 heterocycles. The highest BCUT2D eigenvalue weighted by molar-refractivity contribution is 5.96. The van der Waals surface area contributed by atoms with E-state index in [-0.39, 0.29) is 26.0 Å².